The second kappa shape index (κ2) is 10.9. The summed E-state index contributed by atoms with van der Waals surface area (Å²) in [7, 11) is 0. The van der Waals surface area contributed by atoms with Crippen LogP contribution in [0.4, 0.5) is 5.69 Å². The summed E-state index contributed by atoms with van der Waals surface area (Å²) in [5, 5.41) is 3.97. The summed E-state index contributed by atoms with van der Waals surface area (Å²) < 4.78 is 0. The van der Waals surface area contributed by atoms with Crippen molar-refractivity contribution >= 4 is 51.7 Å². The summed E-state index contributed by atoms with van der Waals surface area (Å²) in [4.78, 5) is 27.0. The van der Waals surface area contributed by atoms with Crippen LogP contribution in [0, 0.1) is 23.2 Å². The minimum Gasteiger partial charge on any atom is -0.325 e. The third kappa shape index (κ3) is 6.65. The van der Waals surface area contributed by atoms with Gasteiger partial charge in [0.1, 0.15) is 0 Å². The predicted octanol–water partition coefficient (Wildman–Crippen LogP) is 8.37. The monoisotopic (exact) mass is 483 g/mol. The number of halogens is 2. The lowest BCUT2D eigenvalue weighted by Crippen LogP contribution is -2.37. The Kier molecular flexibility index (Phi) is 8.80. The molecule has 1 aromatic carbocycles. The quantitative estimate of drug-likeness (QED) is 0.427. The van der Waals surface area contributed by atoms with Gasteiger partial charge in [0.25, 0.3) is 0 Å². The second-order valence-corrected chi connectivity index (χ2v) is 12.0. The minimum absolute atomic E-state index is 0.0255. The van der Waals surface area contributed by atoms with Gasteiger partial charge in [-0.05, 0) is 61.4 Å². The van der Waals surface area contributed by atoms with E-state index in [4.69, 9.17) is 23.2 Å². The Labute approximate surface area is 201 Å². The molecule has 1 amide bonds. The molecule has 0 atom stereocenters. The van der Waals surface area contributed by atoms with E-state index in [0.717, 1.165) is 37.4 Å². The highest BCUT2D eigenvalue weighted by Gasteiger charge is 2.37. The molecule has 3 nitrogen and oxygen atoms in total. The van der Waals surface area contributed by atoms with Crippen LogP contribution in [-0.2, 0) is 9.59 Å². The maximum atomic E-state index is 13.7. The molecule has 0 bridgehead atoms. The van der Waals surface area contributed by atoms with E-state index in [1.165, 1.54) is 38.5 Å². The van der Waals surface area contributed by atoms with Crippen molar-refractivity contribution in [1.82, 2.24) is 0 Å². The van der Waals surface area contributed by atoms with Gasteiger partial charge in [-0.2, -0.15) is 0 Å². The van der Waals surface area contributed by atoms with Crippen molar-refractivity contribution in [3.63, 3.8) is 0 Å². The molecule has 3 rings (SSSR count). The van der Waals surface area contributed by atoms with Gasteiger partial charge >= 0.3 is 0 Å². The molecule has 6 heteroatoms. The fourth-order valence-electron chi connectivity index (χ4n) is 4.98. The molecule has 0 aromatic heterocycles. The molecule has 0 saturated heterocycles. The fourth-order valence-corrected chi connectivity index (χ4v) is 6.27. The maximum absolute atomic E-state index is 13.7. The molecule has 0 unspecified atom stereocenters. The zero-order valence-corrected chi connectivity index (χ0v) is 21.3. The molecule has 1 N–H and O–H groups in total. The molecule has 0 aliphatic heterocycles. The minimum atomic E-state index is -0.495. The summed E-state index contributed by atoms with van der Waals surface area (Å²) in [6.45, 7) is 5.67. The molecule has 2 fully saturated rings. The Morgan fingerprint density at radius 2 is 1.39 bits per heavy atom. The van der Waals surface area contributed by atoms with Gasteiger partial charge in [0, 0.05) is 16.2 Å². The van der Waals surface area contributed by atoms with Crippen LogP contribution >= 0.6 is 35.0 Å². The normalized spacial score (nSPS) is 18.9. The molecule has 0 radical (unpaired) electrons. The van der Waals surface area contributed by atoms with Crippen LogP contribution in [0.2, 0.25) is 10.0 Å². The van der Waals surface area contributed by atoms with Gasteiger partial charge in [0.2, 0.25) is 5.91 Å². The molecule has 0 spiro atoms. The van der Waals surface area contributed by atoms with Crippen molar-refractivity contribution in [2.75, 3.05) is 5.32 Å². The summed E-state index contributed by atoms with van der Waals surface area (Å²) in [6, 6.07) is 3.39. The highest BCUT2D eigenvalue weighted by molar-refractivity contribution is 8.13. The average molecular weight is 485 g/mol. The van der Waals surface area contributed by atoms with Crippen molar-refractivity contribution in [3.05, 3.63) is 22.2 Å². The lowest BCUT2D eigenvalue weighted by atomic mass is 9.69. The summed E-state index contributed by atoms with van der Waals surface area (Å²) in [5.41, 5.74) is 0.101. The topological polar surface area (TPSA) is 46.2 Å². The molecule has 2 aliphatic carbocycles. The molecule has 2 saturated carbocycles. The first kappa shape index (κ1) is 24.9. The van der Waals surface area contributed by atoms with Gasteiger partial charge in [0.15, 0.2) is 5.12 Å². The first-order valence-corrected chi connectivity index (χ1v) is 13.3. The first-order valence-electron chi connectivity index (χ1n) is 11.7. The van der Waals surface area contributed by atoms with E-state index in [1.807, 2.05) is 20.8 Å². The Bertz CT molecular complexity index is 775. The summed E-state index contributed by atoms with van der Waals surface area (Å²) in [6.07, 6.45) is 12.0. The van der Waals surface area contributed by atoms with Crippen LogP contribution in [0.25, 0.3) is 0 Å². The van der Waals surface area contributed by atoms with Gasteiger partial charge < -0.3 is 5.32 Å². The third-order valence-corrected chi connectivity index (χ3v) is 8.79. The number of hydrogen-bond acceptors (Lipinski definition) is 3. The molecule has 0 heterocycles. The SMILES string of the molecule is CC(C)(C)C(=O)Sc1cc(Cl)c(Cl)cc1NC(=O)C(C1CCCCC1)C1CCCCC1. The van der Waals surface area contributed by atoms with Crippen molar-refractivity contribution in [2.24, 2.45) is 23.2 Å². The molecule has 31 heavy (non-hydrogen) atoms. The number of nitrogens with one attached hydrogen (secondary N) is 1. The lowest BCUT2D eigenvalue weighted by molar-refractivity contribution is -0.124. The maximum Gasteiger partial charge on any atom is 0.228 e. The number of hydrogen-bond donors (Lipinski definition) is 1. The highest BCUT2D eigenvalue weighted by atomic mass is 35.5. The standard InChI is InChI=1S/C25H35Cl2NO2S/c1-25(2,3)24(30)31-21-15-19(27)18(26)14-20(21)28-23(29)22(16-10-6-4-7-11-16)17-12-8-5-9-13-17/h14-17,22H,4-13H2,1-3H3,(H,28,29). The van der Waals surface area contributed by atoms with Crippen molar-refractivity contribution in [1.29, 1.82) is 0 Å². The zero-order chi connectivity index (χ0) is 22.6. The zero-order valence-electron chi connectivity index (χ0n) is 18.9. The molecule has 1 aromatic rings. The van der Waals surface area contributed by atoms with Gasteiger partial charge in [-0.15, -0.1) is 0 Å². The Morgan fingerprint density at radius 3 is 1.87 bits per heavy atom. The van der Waals surface area contributed by atoms with Crippen LogP contribution in [0.1, 0.15) is 85.0 Å². The molecule has 172 valence electrons. The van der Waals surface area contributed by atoms with E-state index in [9.17, 15) is 9.59 Å². The van der Waals surface area contributed by atoms with Gasteiger partial charge in [-0.1, -0.05) is 82.5 Å². The van der Waals surface area contributed by atoms with Crippen molar-refractivity contribution in [3.8, 4) is 0 Å². The van der Waals surface area contributed by atoms with E-state index in [0.29, 0.717) is 32.5 Å². The van der Waals surface area contributed by atoms with Crippen molar-refractivity contribution in [2.45, 2.75) is 89.9 Å². The van der Waals surface area contributed by atoms with Crippen LogP contribution in [0.15, 0.2) is 17.0 Å². The van der Waals surface area contributed by atoms with E-state index >= 15 is 0 Å². The molecular weight excluding hydrogens is 449 g/mol. The van der Waals surface area contributed by atoms with Crippen LogP contribution < -0.4 is 5.32 Å². The fraction of sp³-hybridized carbons (Fsp3) is 0.680. The van der Waals surface area contributed by atoms with E-state index in [2.05, 4.69) is 5.32 Å². The van der Waals surface area contributed by atoms with Crippen LogP contribution in [0.3, 0.4) is 0 Å². The van der Waals surface area contributed by atoms with Gasteiger partial charge in [0.05, 0.1) is 15.7 Å². The number of benzene rings is 1. The number of thioether (sulfide) groups is 1. The summed E-state index contributed by atoms with van der Waals surface area (Å²) >= 11 is 13.7. The van der Waals surface area contributed by atoms with E-state index < -0.39 is 5.41 Å². The lowest BCUT2D eigenvalue weighted by Gasteiger charge is -2.37. The molecule has 2 aliphatic rings. The Morgan fingerprint density at radius 1 is 0.903 bits per heavy atom. The number of carbonyl (C=O) groups is 2. The van der Waals surface area contributed by atoms with Crippen LogP contribution in [-0.4, -0.2) is 11.0 Å². The predicted molar refractivity (Wildman–Crippen MR) is 132 cm³/mol. The van der Waals surface area contributed by atoms with Crippen molar-refractivity contribution < 1.29 is 9.59 Å². The highest BCUT2D eigenvalue weighted by Crippen LogP contribution is 2.42. The van der Waals surface area contributed by atoms with E-state index in [1.54, 1.807) is 12.1 Å². The van der Waals surface area contributed by atoms with Crippen LogP contribution in [0.5, 0.6) is 0 Å². The van der Waals surface area contributed by atoms with Gasteiger partial charge in [-0.25, -0.2) is 0 Å². The number of amides is 1. The number of carbonyl (C=O) groups excluding carboxylic acids is 2. The Hall–Kier alpha value is -0.710. The Balaban J connectivity index is 1.86. The number of anilines is 1. The van der Waals surface area contributed by atoms with Gasteiger partial charge in [-0.3, -0.25) is 9.59 Å². The smallest absolute Gasteiger partial charge is 0.228 e. The largest absolute Gasteiger partial charge is 0.325 e. The summed E-state index contributed by atoms with van der Waals surface area (Å²) in [5.74, 6) is 1.02. The molecular formula is C25H35Cl2NO2S. The third-order valence-electron chi connectivity index (χ3n) is 6.71. The first-order chi connectivity index (χ1) is 14.7. The van der Waals surface area contributed by atoms with E-state index in [-0.39, 0.29) is 16.9 Å². The second-order valence-electron chi connectivity index (χ2n) is 10.2. The average Bonchev–Trinajstić information content (AvgIpc) is 2.72. The number of rotatable bonds is 5.